The molecule has 2 N–H and O–H groups in total. The molecule has 10 nitrogen and oxygen atoms in total. The Labute approximate surface area is 238 Å². The lowest BCUT2D eigenvalue weighted by molar-refractivity contribution is -0.116. The van der Waals surface area contributed by atoms with Gasteiger partial charge in [-0.1, -0.05) is 65.5 Å². The van der Waals surface area contributed by atoms with Gasteiger partial charge in [0.05, 0.1) is 36.1 Å². The van der Waals surface area contributed by atoms with Crippen LogP contribution in [0, 0.1) is 22.7 Å². The third-order valence-corrected chi connectivity index (χ3v) is 8.73. The highest BCUT2D eigenvalue weighted by molar-refractivity contribution is 7.15. The van der Waals surface area contributed by atoms with Crippen LogP contribution in [0.1, 0.15) is 69.8 Å². The molecule has 0 bridgehead atoms. The van der Waals surface area contributed by atoms with Crippen LogP contribution in [0.2, 0.25) is 0 Å². The largest absolute Gasteiger partial charge is 0.300 e. The maximum absolute atomic E-state index is 12.5. The Balaban J connectivity index is 1.17. The van der Waals surface area contributed by atoms with Gasteiger partial charge in [-0.25, -0.2) is 0 Å². The average molecular weight is 569 g/mol. The molecule has 0 spiro atoms. The van der Waals surface area contributed by atoms with Crippen LogP contribution in [-0.2, 0) is 22.4 Å². The van der Waals surface area contributed by atoms with E-state index in [2.05, 4.69) is 43.2 Å². The summed E-state index contributed by atoms with van der Waals surface area (Å²) in [6.07, 6.45) is 3.93. The first-order valence-corrected chi connectivity index (χ1v) is 14.4. The molecule has 5 rings (SSSR count). The second kappa shape index (κ2) is 12.6. The van der Waals surface area contributed by atoms with E-state index in [0.717, 1.165) is 35.7 Å². The van der Waals surface area contributed by atoms with Crippen LogP contribution in [0.4, 0.5) is 10.3 Å². The highest BCUT2D eigenvalue weighted by Crippen LogP contribution is 2.43. The van der Waals surface area contributed by atoms with Gasteiger partial charge >= 0.3 is 0 Å². The predicted molar refractivity (Wildman–Crippen MR) is 151 cm³/mol. The number of carbonyl (C=O) groups is 2. The number of amides is 2. The van der Waals surface area contributed by atoms with E-state index < -0.39 is 0 Å². The Morgan fingerprint density at radius 1 is 0.750 bits per heavy atom. The van der Waals surface area contributed by atoms with Crippen LogP contribution < -0.4 is 10.6 Å². The predicted octanol–water partition coefficient (Wildman–Crippen LogP) is 4.94. The van der Waals surface area contributed by atoms with E-state index in [1.165, 1.54) is 22.7 Å². The summed E-state index contributed by atoms with van der Waals surface area (Å²) in [7, 11) is 0. The van der Waals surface area contributed by atoms with Gasteiger partial charge in [0.25, 0.3) is 0 Å². The summed E-state index contributed by atoms with van der Waals surface area (Å²) in [5, 5.41) is 43.8. The Morgan fingerprint density at radius 3 is 1.65 bits per heavy atom. The van der Waals surface area contributed by atoms with Crippen LogP contribution in [0.25, 0.3) is 0 Å². The van der Waals surface area contributed by atoms with Gasteiger partial charge in [0.15, 0.2) is 0 Å². The molecule has 2 heterocycles. The van der Waals surface area contributed by atoms with Crippen molar-refractivity contribution in [3.63, 3.8) is 0 Å². The number of aromatic nitrogens is 4. The third-order valence-electron chi connectivity index (χ3n) is 6.72. The molecule has 0 aliphatic heterocycles. The molecule has 2 amide bonds. The molecule has 2 atom stereocenters. The molecule has 1 saturated carbocycles. The molecule has 4 aromatic rings. The fourth-order valence-corrected chi connectivity index (χ4v) is 6.59. The first kappa shape index (κ1) is 27.1. The lowest BCUT2D eigenvalue weighted by Crippen LogP contribution is -2.15. The summed E-state index contributed by atoms with van der Waals surface area (Å²) in [5.41, 5.74) is 2.30. The minimum Gasteiger partial charge on any atom is -0.300 e. The van der Waals surface area contributed by atoms with Crippen LogP contribution in [0.5, 0.6) is 0 Å². The molecule has 40 heavy (non-hydrogen) atoms. The van der Waals surface area contributed by atoms with E-state index in [0.29, 0.717) is 32.5 Å². The van der Waals surface area contributed by atoms with E-state index >= 15 is 0 Å². The third kappa shape index (κ3) is 6.54. The van der Waals surface area contributed by atoms with Gasteiger partial charge in [-0.2, -0.15) is 10.5 Å². The maximum Gasteiger partial charge on any atom is 0.230 e. The zero-order chi connectivity index (χ0) is 27.9. The number of nitrogens with one attached hydrogen (secondary N) is 2. The Morgan fingerprint density at radius 2 is 1.20 bits per heavy atom. The number of hydrogen-bond donors (Lipinski definition) is 2. The molecule has 1 fully saturated rings. The van der Waals surface area contributed by atoms with Crippen molar-refractivity contribution in [1.82, 2.24) is 20.4 Å². The molecule has 12 heteroatoms. The van der Waals surface area contributed by atoms with Crippen LogP contribution in [0.15, 0.2) is 48.5 Å². The Kier molecular flexibility index (Phi) is 8.50. The van der Waals surface area contributed by atoms with Crippen molar-refractivity contribution in [2.75, 3.05) is 10.6 Å². The molecule has 1 aliphatic carbocycles. The number of hydrogen-bond acceptors (Lipinski definition) is 10. The fraction of sp³-hybridized carbons (Fsp3) is 0.286. The van der Waals surface area contributed by atoms with Gasteiger partial charge in [-0.05, 0) is 42.5 Å². The average Bonchev–Trinajstić information content (AvgIpc) is 3.63. The van der Waals surface area contributed by atoms with Crippen LogP contribution in [0.3, 0.4) is 0 Å². The molecule has 2 unspecified atom stereocenters. The molecular formula is C28H24N8O2S2. The second-order valence-corrected chi connectivity index (χ2v) is 11.5. The summed E-state index contributed by atoms with van der Waals surface area (Å²) in [4.78, 5) is 25.1. The Bertz CT molecular complexity index is 1500. The number of anilines is 2. The van der Waals surface area contributed by atoms with Crippen LogP contribution in [-0.4, -0.2) is 32.2 Å². The molecule has 200 valence electrons. The first-order chi connectivity index (χ1) is 19.5. The van der Waals surface area contributed by atoms with Gasteiger partial charge < -0.3 is 10.6 Å². The standard InChI is InChI=1S/C28H24N8O2S2/c29-15-21-8-3-1-6-17(21)13-23(37)31-27-35-33-25(39-27)19-10-5-11-20(12-19)26-34-36-28(40-26)32-24(38)14-18-7-2-4-9-22(18)16-30/h1-4,6-9,19-20H,5,10-14H2,(H,31,35,37)(H,32,36,38). The topological polar surface area (TPSA) is 157 Å². The zero-order valence-electron chi connectivity index (χ0n) is 21.3. The summed E-state index contributed by atoms with van der Waals surface area (Å²) < 4.78 is 0. The van der Waals surface area contributed by atoms with Crippen molar-refractivity contribution in [3.8, 4) is 12.1 Å². The van der Waals surface area contributed by atoms with Crippen molar-refractivity contribution in [2.45, 2.75) is 50.4 Å². The highest BCUT2D eigenvalue weighted by Gasteiger charge is 2.29. The lowest BCUT2D eigenvalue weighted by Gasteiger charge is -2.25. The second-order valence-electron chi connectivity index (χ2n) is 9.44. The smallest absolute Gasteiger partial charge is 0.230 e. The Hall–Kier alpha value is -4.52. The van der Waals surface area contributed by atoms with Crippen molar-refractivity contribution < 1.29 is 9.59 Å². The molecular weight excluding hydrogens is 544 g/mol. The minimum atomic E-state index is -0.244. The fourth-order valence-electron chi connectivity index (χ4n) is 4.78. The number of nitrogens with zero attached hydrogens (tertiary/aromatic N) is 6. The van der Waals surface area contributed by atoms with Gasteiger partial charge in [0, 0.05) is 11.8 Å². The van der Waals surface area contributed by atoms with Gasteiger partial charge in [0.2, 0.25) is 22.1 Å². The molecule has 2 aromatic carbocycles. The van der Waals surface area contributed by atoms with Crippen LogP contribution >= 0.6 is 22.7 Å². The number of carbonyl (C=O) groups excluding carboxylic acids is 2. The lowest BCUT2D eigenvalue weighted by atomic mass is 9.82. The summed E-state index contributed by atoms with van der Waals surface area (Å²) in [6.45, 7) is 0. The van der Waals surface area contributed by atoms with Gasteiger partial charge in [-0.15, -0.1) is 20.4 Å². The summed E-state index contributed by atoms with van der Waals surface area (Å²) >= 11 is 2.74. The van der Waals surface area contributed by atoms with Crippen molar-refractivity contribution in [2.24, 2.45) is 0 Å². The first-order valence-electron chi connectivity index (χ1n) is 12.7. The summed E-state index contributed by atoms with van der Waals surface area (Å²) in [5.74, 6) is -0.116. The number of nitriles is 2. The van der Waals surface area contributed by atoms with Gasteiger partial charge in [-0.3, -0.25) is 9.59 Å². The zero-order valence-corrected chi connectivity index (χ0v) is 23.0. The molecule has 0 radical (unpaired) electrons. The van der Waals surface area contributed by atoms with Crippen molar-refractivity contribution in [3.05, 3.63) is 80.8 Å². The van der Waals surface area contributed by atoms with E-state index in [1.807, 2.05) is 0 Å². The van der Waals surface area contributed by atoms with E-state index in [4.69, 9.17) is 0 Å². The SMILES string of the molecule is N#Cc1ccccc1CC(=O)Nc1nnc(C2CCCC(c3nnc(NC(=O)Cc4ccccc4C#N)s3)C2)s1. The highest BCUT2D eigenvalue weighted by atomic mass is 32.1. The van der Waals surface area contributed by atoms with E-state index in [-0.39, 0.29) is 36.5 Å². The molecule has 2 aromatic heterocycles. The van der Waals surface area contributed by atoms with Crippen molar-refractivity contribution >= 4 is 44.8 Å². The number of rotatable bonds is 8. The summed E-state index contributed by atoms with van der Waals surface area (Å²) in [6, 6.07) is 18.3. The van der Waals surface area contributed by atoms with E-state index in [1.54, 1.807) is 48.5 Å². The normalized spacial score (nSPS) is 16.4. The van der Waals surface area contributed by atoms with Gasteiger partial charge in [0.1, 0.15) is 10.0 Å². The monoisotopic (exact) mass is 568 g/mol. The number of benzene rings is 2. The minimum absolute atomic E-state index is 0.0882. The van der Waals surface area contributed by atoms with E-state index in [9.17, 15) is 20.1 Å². The maximum atomic E-state index is 12.5. The molecule has 1 aliphatic rings. The molecule has 0 saturated heterocycles. The quantitative estimate of drug-likeness (QED) is 0.303. The van der Waals surface area contributed by atoms with Crippen molar-refractivity contribution in [1.29, 1.82) is 10.5 Å².